The van der Waals surface area contributed by atoms with Gasteiger partial charge in [0.25, 0.3) is 0 Å². The van der Waals surface area contributed by atoms with Gasteiger partial charge in [0.05, 0.1) is 17.5 Å². The second-order valence-electron chi connectivity index (χ2n) is 3.35. The quantitative estimate of drug-likeness (QED) is 0.664. The van der Waals surface area contributed by atoms with Crippen molar-refractivity contribution in [3.63, 3.8) is 0 Å². The molecule has 92 valence electrons. The van der Waals surface area contributed by atoms with Crippen LogP contribution in [-0.4, -0.2) is 28.1 Å². The molecular formula is C12H9NO5. The third-order valence-corrected chi connectivity index (χ3v) is 1.92. The highest BCUT2D eigenvalue weighted by atomic mass is 16.4. The number of nitrogens with two attached hydrogens (primary N) is 1. The largest absolute Gasteiger partial charge is 0.478 e. The van der Waals surface area contributed by atoms with Gasteiger partial charge < -0.3 is 15.9 Å². The van der Waals surface area contributed by atoms with Crippen molar-refractivity contribution >= 4 is 17.8 Å². The summed E-state index contributed by atoms with van der Waals surface area (Å²) in [6.07, 6.45) is -0.181. The highest BCUT2D eigenvalue weighted by Gasteiger charge is 2.10. The number of amides is 1. The maximum Gasteiger partial charge on any atom is 0.335 e. The molecule has 1 rings (SSSR count). The van der Waals surface area contributed by atoms with Crippen molar-refractivity contribution in [3.8, 4) is 11.8 Å². The van der Waals surface area contributed by atoms with Crippen LogP contribution in [0.5, 0.6) is 0 Å². The van der Waals surface area contributed by atoms with E-state index in [2.05, 4.69) is 11.8 Å². The van der Waals surface area contributed by atoms with Gasteiger partial charge in [0.2, 0.25) is 5.91 Å². The summed E-state index contributed by atoms with van der Waals surface area (Å²) < 4.78 is 0. The number of carboxylic acid groups (broad SMARTS) is 2. The lowest BCUT2D eigenvalue weighted by molar-refractivity contribution is -0.117. The highest BCUT2D eigenvalue weighted by molar-refractivity contribution is 5.94. The lowest BCUT2D eigenvalue weighted by Gasteiger charge is -1.99. The van der Waals surface area contributed by atoms with Gasteiger partial charge in [0.1, 0.15) is 0 Å². The van der Waals surface area contributed by atoms with Gasteiger partial charge in [-0.25, -0.2) is 9.59 Å². The molecule has 0 bridgehead atoms. The molecule has 0 saturated carbocycles. The second kappa shape index (κ2) is 5.50. The van der Waals surface area contributed by atoms with E-state index in [1.807, 2.05) is 0 Å². The maximum absolute atomic E-state index is 10.8. The molecule has 1 aromatic carbocycles. The number of carbonyl (C=O) groups excluding carboxylic acids is 1. The molecule has 0 aliphatic carbocycles. The van der Waals surface area contributed by atoms with Crippen LogP contribution in [-0.2, 0) is 4.79 Å². The standard InChI is InChI=1S/C12H9NO5/c13-10(14)3-1-2-7-4-8(11(15)16)6-9(5-7)12(17)18/h4-6H,3H2,(H2,13,14)(H,15,16)(H,17,18). The van der Waals surface area contributed by atoms with Crippen LogP contribution < -0.4 is 5.73 Å². The smallest absolute Gasteiger partial charge is 0.335 e. The summed E-state index contributed by atoms with van der Waals surface area (Å²) in [5.74, 6) is 1.79. The highest BCUT2D eigenvalue weighted by Crippen LogP contribution is 2.10. The lowest BCUT2D eigenvalue weighted by Crippen LogP contribution is -2.08. The Morgan fingerprint density at radius 2 is 1.56 bits per heavy atom. The minimum atomic E-state index is -1.25. The average Bonchev–Trinajstić information content (AvgIpc) is 2.28. The number of aromatic carboxylic acids is 2. The Balaban J connectivity index is 3.17. The minimum absolute atomic E-state index is 0.181. The summed E-state index contributed by atoms with van der Waals surface area (Å²) in [5, 5.41) is 17.6. The number of rotatable bonds is 3. The molecule has 0 unspecified atom stereocenters. The predicted octanol–water partition coefficient (Wildman–Crippen LogP) is 0.310. The molecule has 0 heterocycles. The Morgan fingerprint density at radius 3 is 1.94 bits per heavy atom. The van der Waals surface area contributed by atoms with E-state index in [0.29, 0.717) is 0 Å². The maximum atomic E-state index is 10.8. The van der Waals surface area contributed by atoms with Crippen molar-refractivity contribution in [3.05, 3.63) is 34.9 Å². The zero-order chi connectivity index (χ0) is 13.7. The van der Waals surface area contributed by atoms with Crippen LogP contribution in [0, 0.1) is 11.8 Å². The zero-order valence-electron chi connectivity index (χ0n) is 9.14. The molecule has 0 radical (unpaired) electrons. The number of benzene rings is 1. The Bertz CT molecular complexity index is 548. The SMILES string of the molecule is NC(=O)CC#Cc1cc(C(=O)O)cc(C(=O)O)c1. The van der Waals surface area contributed by atoms with Gasteiger partial charge in [0, 0.05) is 5.56 Å². The molecular weight excluding hydrogens is 238 g/mol. The van der Waals surface area contributed by atoms with Crippen LogP contribution in [0.3, 0.4) is 0 Å². The van der Waals surface area contributed by atoms with Gasteiger partial charge in [-0.05, 0) is 18.2 Å². The molecule has 4 N–H and O–H groups in total. The van der Waals surface area contributed by atoms with Crippen molar-refractivity contribution < 1.29 is 24.6 Å². The summed E-state index contributed by atoms with van der Waals surface area (Å²) >= 11 is 0. The first-order chi connectivity index (χ1) is 8.40. The van der Waals surface area contributed by atoms with Crippen LogP contribution >= 0.6 is 0 Å². The first-order valence-electron chi connectivity index (χ1n) is 4.79. The number of hydrogen-bond acceptors (Lipinski definition) is 3. The van der Waals surface area contributed by atoms with Gasteiger partial charge in [0.15, 0.2) is 0 Å². The number of hydrogen-bond donors (Lipinski definition) is 3. The topological polar surface area (TPSA) is 118 Å². The van der Waals surface area contributed by atoms with Crippen LogP contribution in [0.4, 0.5) is 0 Å². The fourth-order valence-electron chi connectivity index (χ4n) is 1.18. The third-order valence-electron chi connectivity index (χ3n) is 1.92. The molecule has 1 aromatic rings. The number of primary amides is 1. The van der Waals surface area contributed by atoms with Crippen molar-refractivity contribution in [1.29, 1.82) is 0 Å². The van der Waals surface area contributed by atoms with E-state index >= 15 is 0 Å². The summed E-state index contributed by atoms with van der Waals surface area (Å²) in [5.41, 5.74) is 4.72. The Labute approximate surface area is 102 Å². The minimum Gasteiger partial charge on any atom is -0.478 e. The van der Waals surface area contributed by atoms with E-state index in [9.17, 15) is 14.4 Å². The van der Waals surface area contributed by atoms with Crippen molar-refractivity contribution in [2.75, 3.05) is 0 Å². The zero-order valence-corrected chi connectivity index (χ0v) is 9.14. The van der Waals surface area contributed by atoms with Crippen LogP contribution in [0.1, 0.15) is 32.7 Å². The number of carboxylic acids is 2. The van der Waals surface area contributed by atoms with Crippen LogP contribution in [0.2, 0.25) is 0 Å². The molecule has 0 spiro atoms. The first kappa shape index (κ1) is 13.3. The van der Waals surface area contributed by atoms with Gasteiger partial charge in [-0.1, -0.05) is 11.8 Å². The molecule has 0 saturated heterocycles. The molecule has 0 fully saturated rings. The predicted molar refractivity (Wildman–Crippen MR) is 61.1 cm³/mol. The Morgan fingerprint density at radius 1 is 1.06 bits per heavy atom. The van der Waals surface area contributed by atoms with Gasteiger partial charge in [-0.3, -0.25) is 4.79 Å². The Kier molecular flexibility index (Phi) is 4.05. The third kappa shape index (κ3) is 3.64. The fraction of sp³-hybridized carbons (Fsp3) is 0.0833. The number of carbonyl (C=O) groups is 3. The summed E-state index contributed by atoms with van der Waals surface area (Å²) in [6, 6.07) is 3.48. The molecule has 6 heteroatoms. The second-order valence-corrected chi connectivity index (χ2v) is 3.35. The van der Waals surface area contributed by atoms with Gasteiger partial charge >= 0.3 is 11.9 Å². The monoisotopic (exact) mass is 247 g/mol. The van der Waals surface area contributed by atoms with E-state index in [4.69, 9.17) is 15.9 Å². The van der Waals surface area contributed by atoms with E-state index in [1.54, 1.807) is 0 Å². The summed E-state index contributed by atoms with van der Waals surface area (Å²) in [6.45, 7) is 0. The summed E-state index contributed by atoms with van der Waals surface area (Å²) in [4.78, 5) is 32.1. The molecule has 0 aliphatic rings. The van der Waals surface area contributed by atoms with Crippen molar-refractivity contribution in [2.45, 2.75) is 6.42 Å². The lowest BCUT2D eigenvalue weighted by atomic mass is 10.1. The molecule has 6 nitrogen and oxygen atoms in total. The normalized spacial score (nSPS) is 9.11. The van der Waals surface area contributed by atoms with E-state index in [1.165, 1.54) is 12.1 Å². The van der Waals surface area contributed by atoms with Gasteiger partial charge in [-0.2, -0.15) is 0 Å². The molecule has 0 aromatic heterocycles. The molecule has 0 atom stereocenters. The van der Waals surface area contributed by atoms with E-state index in [0.717, 1.165) is 6.07 Å². The first-order valence-corrected chi connectivity index (χ1v) is 4.79. The molecule has 0 aliphatic heterocycles. The molecule has 18 heavy (non-hydrogen) atoms. The Hall–Kier alpha value is -2.81. The van der Waals surface area contributed by atoms with Crippen molar-refractivity contribution in [2.24, 2.45) is 5.73 Å². The van der Waals surface area contributed by atoms with Crippen molar-refractivity contribution in [1.82, 2.24) is 0 Å². The average molecular weight is 247 g/mol. The van der Waals surface area contributed by atoms with E-state index in [-0.39, 0.29) is 23.1 Å². The summed E-state index contributed by atoms with van der Waals surface area (Å²) in [7, 11) is 0. The fourth-order valence-corrected chi connectivity index (χ4v) is 1.18. The van der Waals surface area contributed by atoms with Crippen LogP contribution in [0.15, 0.2) is 18.2 Å². The van der Waals surface area contributed by atoms with E-state index < -0.39 is 17.8 Å². The van der Waals surface area contributed by atoms with Crippen LogP contribution in [0.25, 0.3) is 0 Å². The van der Waals surface area contributed by atoms with Gasteiger partial charge in [-0.15, -0.1) is 0 Å². The molecule has 1 amide bonds.